The number of rotatable bonds is 5. The molecule has 86 valence electrons. The molecule has 0 amide bonds. The Morgan fingerprint density at radius 2 is 1.93 bits per heavy atom. The van der Waals surface area contributed by atoms with Crippen LogP contribution in [0.4, 0.5) is 0 Å². The third-order valence-corrected chi connectivity index (χ3v) is 7.11. The Morgan fingerprint density at radius 1 is 1.40 bits per heavy atom. The molecule has 0 spiro atoms. The van der Waals surface area contributed by atoms with Crippen LogP contribution in [0.2, 0.25) is 18.1 Å². The van der Waals surface area contributed by atoms with E-state index in [2.05, 4.69) is 40.4 Å². The summed E-state index contributed by atoms with van der Waals surface area (Å²) in [6, 6.07) is 0. The molecule has 0 aromatic rings. The van der Waals surface area contributed by atoms with E-state index in [0.29, 0.717) is 6.42 Å². The van der Waals surface area contributed by atoms with Crippen molar-refractivity contribution in [2.75, 3.05) is 0 Å². The predicted octanol–water partition coefficient (Wildman–Crippen LogP) is 3.67. The molecule has 0 aliphatic heterocycles. The average Bonchev–Trinajstić information content (AvgIpc) is 2.01. The van der Waals surface area contributed by atoms with Crippen LogP contribution < -0.4 is 0 Å². The highest BCUT2D eigenvalue weighted by molar-refractivity contribution is 6.74. The second kappa shape index (κ2) is 5.31. The van der Waals surface area contributed by atoms with Crippen LogP contribution in [0.15, 0.2) is 25.0 Å². The van der Waals surface area contributed by atoms with E-state index in [0.717, 1.165) is 0 Å². The van der Waals surface area contributed by atoms with Gasteiger partial charge in [-0.1, -0.05) is 26.8 Å². The molecule has 0 aliphatic rings. The number of ketones is 1. The Balaban J connectivity index is 4.26. The van der Waals surface area contributed by atoms with Crippen molar-refractivity contribution >= 4 is 14.1 Å². The topological polar surface area (TPSA) is 26.3 Å². The molecule has 0 aliphatic carbocycles. The summed E-state index contributed by atoms with van der Waals surface area (Å²) in [6.07, 6.45) is 5.00. The van der Waals surface area contributed by atoms with Crippen LogP contribution in [0.3, 0.4) is 0 Å². The molecule has 0 bridgehead atoms. The van der Waals surface area contributed by atoms with Crippen LogP contribution in [0.5, 0.6) is 0 Å². The predicted molar refractivity (Wildman–Crippen MR) is 67.2 cm³/mol. The second-order valence-electron chi connectivity index (χ2n) is 5.14. The normalized spacial score (nSPS) is 12.9. The first kappa shape index (κ1) is 14.2. The summed E-state index contributed by atoms with van der Waals surface area (Å²) in [4.78, 5) is 11.2. The highest BCUT2D eigenvalue weighted by atomic mass is 28.4. The summed E-state index contributed by atoms with van der Waals surface area (Å²) < 4.78 is 5.71. The summed E-state index contributed by atoms with van der Waals surface area (Å²) in [7, 11) is -1.76. The van der Waals surface area contributed by atoms with Gasteiger partial charge in [-0.2, -0.15) is 0 Å². The van der Waals surface area contributed by atoms with E-state index in [1.165, 1.54) is 6.08 Å². The molecule has 3 heteroatoms. The van der Waals surface area contributed by atoms with Gasteiger partial charge in [-0.05, 0) is 18.1 Å². The first-order chi connectivity index (χ1) is 6.70. The molecule has 0 aromatic carbocycles. The smallest absolute Gasteiger partial charge is 0.249 e. The van der Waals surface area contributed by atoms with Crippen LogP contribution in [0.1, 0.15) is 27.2 Å². The maximum Gasteiger partial charge on any atom is 0.249 e. The van der Waals surface area contributed by atoms with Crippen LogP contribution >= 0.6 is 0 Å². The molecule has 0 atom stereocenters. The van der Waals surface area contributed by atoms with Crippen molar-refractivity contribution in [1.82, 2.24) is 0 Å². The number of hydrogen-bond donors (Lipinski definition) is 0. The number of hydrogen-bond acceptors (Lipinski definition) is 2. The lowest BCUT2D eigenvalue weighted by Gasteiger charge is -2.34. The molecule has 15 heavy (non-hydrogen) atoms. The van der Waals surface area contributed by atoms with Crippen molar-refractivity contribution in [3.8, 4) is 0 Å². The molecule has 0 saturated heterocycles. The molecule has 0 aromatic heterocycles. The van der Waals surface area contributed by atoms with E-state index in [1.807, 2.05) is 0 Å². The monoisotopic (exact) mass is 226 g/mol. The first-order valence-electron chi connectivity index (χ1n) is 5.19. The summed E-state index contributed by atoms with van der Waals surface area (Å²) in [5.74, 6) is 0.0312. The van der Waals surface area contributed by atoms with Crippen LogP contribution in [-0.2, 0) is 9.22 Å². The van der Waals surface area contributed by atoms with E-state index in [1.54, 1.807) is 12.3 Å². The van der Waals surface area contributed by atoms with Crippen molar-refractivity contribution < 1.29 is 9.22 Å². The zero-order chi connectivity index (χ0) is 12.1. The van der Waals surface area contributed by atoms with Crippen molar-refractivity contribution in [2.24, 2.45) is 0 Å². The van der Waals surface area contributed by atoms with E-state index in [-0.39, 0.29) is 10.8 Å². The maximum atomic E-state index is 11.2. The third kappa shape index (κ3) is 4.97. The number of allylic oxidation sites excluding steroid dienone is 2. The molecule has 0 rings (SSSR count). The molecular weight excluding hydrogens is 204 g/mol. The van der Waals surface area contributed by atoms with Gasteiger partial charge in [-0.3, -0.25) is 4.79 Å². The van der Waals surface area contributed by atoms with Gasteiger partial charge in [-0.15, -0.1) is 6.58 Å². The van der Waals surface area contributed by atoms with Crippen LogP contribution in [0.25, 0.3) is 0 Å². The Kier molecular flexibility index (Phi) is 5.01. The van der Waals surface area contributed by atoms with Crippen molar-refractivity contribution in [2.45, 2.75) is 45.3 Å². The fourth-order valence-corrected chi connectivity index (χ4v) is 1.43. The van der Waals surface area contributed by atoms with E-state index < -0.39 is 8.32 Å². The fraction of sp³-hybridized carbons (Fsp3) is 0.583. The first-order valence-corrected chi connectivity index (χ1v) is 8.09. The quantitative estimate of drug-likeness (QED) is 0.309. The Bertz CT molecular complexity index is 259. The highest BCUT2D eigenvalue weighted by Crippen LogP contribution is 2.36. The lowest BCUT2D eigenvalue weighted by atomic mass is 10.2. The zero-order valence-electron chi connectivity index (χ0n) is 10.5. The van der Waals surface area contributed by atoms with Crippen molar-refractivity contribution in [1.29, 1.82) is 0 Å². The molecule has 0 saturated carbocycles. The van der Waals surface area contributed by atoms with Gasteiger partial charge in [0, 0.05) is 12.5 Å². The van der Waals surface area contributed by atoms with E-state index in [9.17, 15) is 4.79 Å². The minimum atomic E-state index is -1.76. The minimum Gasteiger partial charge on any atom is -0.549 e. The SMILES string of the molecule is C=CCC(=O)/C=C/O[Si](C)(C)C(C)(C)C. The lowest BCUT2D eigenvalue weighted by Crippen LogP contribution is -2.39. The largest absolute Gasteiger partial charge is 0.549 e. The van der Waals surface area contributed by atoms with Gasteiger partial charge < -0.3 is 4.43 Å². The molecular formula is C12H22O2Si. The molecule has 0 radical (unpaired) electrons. The van der Waals surface area contributed by atoms with Gasteiger partial charge in [0.2, 0.25) is 8.32 Å². The van der Waals surface area contributed by atoms with Gasteiger partial charge in [0.25, 0.3) is 0 Å². The van der Waals surface area contributed by atoms with Gasteiger partial charge in [0.15, 0.2) is 5.78 Å². The van der Waals surface area contributed by atoms with Crippen molar-refractivity contribution in [3.63, 3.8) is 0 Å². The summed E-state index contributed by atoms with van der Waals surface area (Å²) >= 11 is 0. The van der Waals surface area contributed by atoms with Crippen LogP contribution in [0, 0.1) is 0 Å². The maximum absolute atomic E-state index is 11.2. The summed E-state index contributed by atoms with van der Waals surface area (Å²) in [5.41, 5.74) is 0. The number of carbonyl (C=O) groups excluding carboxylic acids is 1. The Morgan fingerprint density at radius 3 is 2.33 bits per heavy atom. The standard InChI is InChI=1S/C12H22O2Si/c1-7-8-11(13)9-10-14-15(5,6)12(2,3)4/h7,9-10H,1,8H2,2-6H3/b10-9+. The number of carbonyl (C=O) groups is 1. The Labute approximate surface area is 94.2 Å². The van der Waals surface area contributed by atoms with Gasteiger partial charge >= 0.3 is 0 Å². The highest BCUT2D eigenvalue weighted by Gasteiger charge is 2.37. The second-order valence-corrected chi connectivity index (χ2v) is 9.90. The van der Waals surface area contributed by atoms with E-state index in [4.69, 9.17) is 4.43 Å². The van der Waals surface area contributed by atoms with Crippen LogP contribution in [-0.4, -0.2) is 14.1 Å². The van der Waals surface area contributed by atoms with E-state index >= 15 is 0 Å². The minimum absolute atomic E-state index is 0.0312. The molecule has 2 nitrogen and oxygen atoms in total. The van der Waals surface area contributed by atoms with Gasteiger partial charge in [-0.25, -0.2) is 0 Å². The molecule has 0 unspecified atom stereocenters. The third-order valence-electron chi connectivity index (χ3n) is 2.77. The summed E-state index contributed by atoms with van der Waals surface area (Å²) in [5, 5.41) is 0.166. The van der Waals surface area contributed by atoms with Gasteiger partial charge in [0.05, 0.1) is 6.26 Å². The fourth-order valence-electron chi connectivity index (χ4n) is 0.667. The average molecular weight is 226 g/mol. The van der Waals surface area contributed by atoms with Crippen molar-refractivity contribution in [3.05, 3.63) is 25.0 Å². The lowest BCUT2D eigenvalue weighted by molar-refractivity contribution is -0.113. The Hall–Kier alpha value is -0.833. The summed E-state index contributed by atoms with van der Waals surface area (Å²) in [6.45, 7) is 14.3. The molecule has 0 heterocycles. The molecule has 0 fully saturated rings. The molecule has 0 N–H and O–H groups in total. The zero-order valence-corrected chi connectivity index (χ0v) is 11.5. The van der Waals surface area contributed by atoms with Gasteiger partial charge in [0.1, 0.15) is 0 Å².